The van der Waals surface area contributed by atoms with E-state index in [0.717, 1.165) is 6.54 Å². The Morgan fingerprint density at radius 1 is 1.00 bits per heavy atom. The van der Waals surface area contributed by atoms with Gasteiger partial charge in [0.1, 0.15) is 0 Å². The van der Waals surface area contributed by atoms with Gasteiger partial charge in [-0.2, -0.15) is 0 Å². The minimum Gasteiger partial charge on any atom is -0.311 e. The second-order valence-corrected chi connectivity index (χ2v) is 3.99. The zero-order valence-corrected chi connectivity index (χ0v) is 8.58. The Bertz CT molecular complexity index is 296. The Hall–Kier alpha value is -1.02. The maximum Gasteiger partial charge on any atom is 0.0549 e. The van der Waals surface area contributed by atoms with E-state index in [1.807, 2.05) is 5.01 Å². The number of rotatable bonds is 0. The average Bonchev–Trinajstić information content (AvgIpc) is 2.30. The summed E-state index contributed by atoms with van der Waals surface area (Å²) in [7, 11) is 0. The van der Waals surface area contributed by atoms with Crippen LogP contribution in [0.4, 0.5) is 5.69 Å². The lowest BCUT2D eigenvalue weighted by Gasteiger charge is -2.20. The number of hydrogen-bond acceptors (Lipinski definition) is 2. The summed E-state index contributed by atoms with van der Waals surface area (Å²) in [6.45, 7) is 0.983. The van der Waals surface area contributed by atoms with E-state index in [1.165, 1.54) is 43.4 Å². The van der Waals surface area contributed by atoms with Gasteiger partial charge in [-0.05, 0) is 30.9 Å². The Morgan fingerprint density at radius 3 is 2.71 bits per heavy atom. The second-order valence-electron chi connectivity index (χ2n) is 3.99. The van der Waals surface area contributed by atoms with Crippen LogP contribution in [0.2, 0.25) is 0 Å². The summed E-state index contributed by atoms with van der Waals surface area (Å²) in [6, 6.07) is 8.49. The molecule has 2 rings (SSSR count). The lowest BCUT2D eigenvalue weighted by Crippen LogP contribution is -2.32. The molecule has 0 aromatic heterocycles. The largest absolute Gasteiger partial charge is 0.311 e. The van der Waals surface area contributed by atoms with E-state index in [2.05, 4.69) is 24.3 Å². The van der Waals surface area contributed by atoms with Gasteiger partial charge in [0, 0.05) is 6.54 Å². The van der Waals surface area contributed by atoms with Crippen LogP contribution in [0.25, 0.3) is 0 Å². The number of benzene rings is 1. The molecule has 1 aromatic carbocycles. The highest BCUT2D eigenvalue weighted by Crippen LogP contribution is 2.22. The molecule has 14 heavy (non-hydrogen) atoms. The third-order valence-corrected chi connectivity index (χ3v) is 2.90. The molecule has 0 radical (unpaired) electrons. The summed E-state index contributed by atoms with van der Waals surface area (Å²) in [6.07, 6.45) is 6.32. The van der Waals surface area contributed by atoms with E-state index in [-0.39, 0.29) is 0 Å². The molecular weight excluding hydrogens is 172 g/mol. The Balaban J connectivity index is 2.26. The van der Waals surface area contributed by atoms with Gasteiger partial charge in [-0.15, -0.1) is 0 Å². The highest BCUT2D eigenvalue weighted by molar-refractivity contribution is 5.52. The van der Waals surface area contributed by atoms with Crippen LogP contribution >= 0.6 is 0 Å². The zero-order chi connectivity index (χ0) is 9.80. The van der Waals surface area contributed by atoms with Gasteiger partial charge in [-0.3, -0.25) is 0 Å². The molecule has 2 heteroatoms. The molecule has 1 aliphatic heterocycles. The van der Waals surface area contributed by atoms with Crippen molar-refractivity contribution in [2.75, 3.05) is 11.6 Å². The summed E-state index contributed by atoms with van der Waals surface area (Å²) < 4.78 is 0. The fourth-order valence-electron chi connectivity index (χ4n) is 2.07. The quantitative estimate of drug-likeness (QED) is 0.637. The molecule has 0 bridgehead atoms. The van der Waals surface area contributed by atoms with Crippen LogP contribution in [0, 0.1) is 0 Å². The van der Waals surface area contributed by atoms with Gasteiger partial charge in [0.25, 0.3) is 0 Å². The molecule has 0 atom stereocenters. The van der Waals surface area contributed by atoms with Gasteiger partial charge in [0.15, 0.2) is 0 Å². The Labute approximate surface area is 85.7 Å². The van der Waals surface area contributed by atoms with E-state index < -0.39 is 0 Å². The van der Waals surface area contributed by atoms with Crippen LogP contribution in [0.3, 0.4) is 0 Å². The van der Waals surface area contributed by atoms with Crippen LogP contribution in [0.1, 0.15) is 31.2 Å². The molecule has 0 amide bonds. The van der Waals surface area contributed by atoms with Gasteiger partial charge in [0.2, 0.25) is 0 Å². The molecule has 2 nitrogen and oxygen atoms in total. The number of hydrogen-bond donors (Lipinski definition) is 1. The normalized spacial score (nSPS) is 17.9. The second kappa shape index (κ2) is 4.47. The summed E-state index contributed by atoms with van der Waals surface area (Å²) in [5.74, 6) is 6.02. The van der Waals surface area contributed by atoms with Crippen LogP contribution in [0.15, 0.2) is 24.3 Å². The van der Waals surface area contributed by atoms with Crippen molar-refractivity contribution >= 4 is 5.69 Å². The topological polar surface area (TPSA) is 29.3 Å². The average molecular weight is 190 g/mol. The van der Waals surface area contributed by atoms with Crippen molar-refractivity contribution in [1.29, 1.82) is 0 Å². The first kappa shape index (κ1) is 9.53. The van der Waals surface area contributed by atoms with E-state index in [1.54, 1.807) is 0 Å². The predicted molar refractivity (Wildman–Crippen MR) is 60.1 cm³/mol. The number of aryl methyl sites for hydroxylation is 1. The highest BCUT2D eigenvalue weighted by atomic mass is 15.4. The van der Waals surface area contributed by atoms with Crippen LogP contribution in [-0.2, 0) is 6.42 Å². The van der Waals surface area contributed by atoms with Gasteiger partial charge >= 0.3 is 0 Å². The van der Waals surface area contributed by atoms with Crippen molar-refractivity contribution in [2.24, 2.45) is 5.84 Å². The first-order valence-corrected chi connectivity index (χ1v) is 5.48. The maximum atomic E-state index is 6.02. The first-order valence-electron chi connectivity index (χ1n) is 5.48. The minimum absolute atomic E-state index is 0.983. The zero-order valence-electron chi connectivity index (χ0n) is 8.58. The van der Waals surface area contributed by atoms with Crippen LogP contribution in [-0.4, -0.2) is 6.54 Å². The molecule has 0 saturated heterocycles. The van der Waals surface area contributed by atoms with Crippen LogP contribution in [0.5, 0.6) is 0 Å². The third kappa shape index (κ3) is 2.07. The van der Waals surface area contributed by atoms with E-state index in [9.17, 15) is 0 Å². The van der Waals surface area contributed by atoms with Crippen molar-refractivity contribution in [3.63, 3.8) is 0 Å². The standard InChI is InChI=1S/C12H18N2/c13-14-10-6-2-1-3-7-11-8-4-5-9-12(11)14/h4-5,8-9H,1-3,6-7,10,13H2. The van der Waals surface area contributed by atoms with Crippen molar-refractivity contribution in [2.45, 2.75) is 32.1 Å². The summed E-state index contributed by atoms with van der Waals surface area (Å²) in [5, 5.41) is 1.90. The summed E-state index contributed by atoms with van der Waals surface area (Å²) >= 11 is 0. The van der Waals surface area contributed by atoms with Crippen molar-refractivity contribution in [3.05, 3.63) is 29.8 Å². The SMILES string of the molecule is NN1CCCCCCc2ccccc21. The number of anilines is 1. The molecule has 76 valence electrons. The maximum absolute atomic E-state index is 6.02. The van der Waals surface area contributed by atoms with Crippen molar-refractivity contribution in [1.82, 2.24) is 0 Å². The molecule has 0 saturated carbocycles. The smallest absolute Gasteiger partial charge is 0.0549 e. The first-order chi connectivity index (χ1) is 6.88. The molecule has 1 aliphatic rings. The molecule has 1 heterocycles. The molecule has 0 fully saturated rings. The van der Waals surface area contributed by atoms with Gasteiger partial charge < -0.3 is 5.01 Å². The number of hydrazine groups is 1. The predicted octanol–water partition coefficient (Wildman–Crippen LogP) is 2.48. The summed E-state index contributed by atoms with van der Waals surface area (Å²) in [5.41, 5.74) is 2.62. The molecule has 0 spiro atoms. The van der Waals surface area contributed by atoms with Gasteiger partial charge in [-0.25, -0.2) is 5.84 Å². The Kier molecular flexibility index (Phi) is 3.04. The molecule has 0 aliphatic carbocycles. The van der Waals surface area contributed by atoms with Crippen molar-refractivity contribution < 1.29 is 0 Å². The highest BCUT2D eigenvalue weighted by Gasteiger charge is 2.08. The lowest BCUT2D eigenvalue weighted by atomic mass is 10.1. The van der Waals surface area contributed by atoms with E-state index in [4.69, 9.17) is 5.84 Å². The fraction of sp³-hybridized carbons (Fsp3) is 0.500. The fourth-order valence-corrected chi connectivity index (χ4v) is 2.07. The van der Waals surface area contributed by atoms with Crippen LogP contribution < -0.4 is 10.9 Å². The lowest BCUT2D eigenvalue weighted by molar-refractivity contribution is 0.644. The molecule has 2 N–H and O–H groups in total. The number of para-hydroxylation sites is 1. The minimum atomic E-state index is 0.983. The summed E-state index contributed by atoms with van der Waals surface area (Å²) in [4.78, 5) is 0. The van der Waals surface area contributed by atoms with Gasteiger partial charge in [-0.1, -0.05) is 31.0 Å². The molecular formula is C12H18N2. The number of fused-ring (bicyclic) bond motifs is 1. The molecule has 1 aromatic rings. The van der Waals surface area contributed by atoms with Crippen molar-refractivity contribution in [3.8, 4) is 0 Å². The van der Waals surface area contributed by atoms with Gasteiger partial charge in [0.05, 0.1) is 5.69 Å². The van der Waals surface area contributed by atoms with E-state index in [0.29, 0.717) is 0 Å². The van der Waals surface area contributed by atoms with E-state index >= 15 is 0 Å². The third-order valence-electron chi connectivity index (χ3n) is 2.90. The number of nitrogens with zero attached hydrogens (tertiary/aromatic N) is 1. The Morgan fingerprint density at radius 2 is 1.79 bits per heavy atom. The molecule has 0 unspecified atom stereocenters. The number of nitrogens with two attached hydrogens (primary N) is 1. The monoisotopic (exact) mass is 190 g/mol.